The summed E-state index contributed by atoms with van der Waals surface area (Å²) < 4.78 is 10.1. The molecule has 0 saturated carbocycles. The van der Waals surface area contributed by atoms with Crippen molar-refractivity contribution < 1.29 is 9.26 Å². The largest absolute Gasteiger partial charge is 0.380 e. The minimum absolute atomic E-state index is 0.562. The first-order valence-electron chi connectivity index (χ1n) is 3.87. The van der Waals surface area contributed by atoms with Crippen LogP contribution in [0.25, 0.3) is 0 Å². The fourth-order valence-electron chi connectivity index (χ4n) is 1.07. The molecule has 12 heavy (non-hydrogen) atoms. The zero-order chi connectivity index (χ0) is 8.97. The molecular weight excluding hydrogens is 156 g/mol. The van der Waals surface area contributed by atoms with Crippen LogP contribution in [-0.4, -0.2) is 19.3 Å². The highest BCUT2D eigenvalue weighted by molar-refractivity contribution is 5.20. The van der Waals surface area contributed by atoms with Crippen LogP contribution in [0.15, 0.2) is 4.52 Å². The van der Waals surface area contributed by atoms with E-state index >= 15 is 0 Å². The van der Waals surface area contributed by atoms with Crippen LogP contribution in [0, 0.1) is 6.92 Å². The Labute approximate surface area is 71.9 Å². The van der Waals surface area contributed by atoms with Crippen LogP contribution < -0.4 is 5.32 Å². The molecule has 0 spiro atoms. The lowest BCUT2D eigenvalue weighted by Gasteiger charge is -1.99. The van der Waals surface area contributed by atoms with Gasteiger partial charge in [0.25, 0.3) is 0 Å². The van der Waals surface area contributed by atoms with Gasteiger partial charge in [0.2, 0.25) is 0 Å². The average molecular weight is 170 g/mol. The molecule has 1 rings (SSSR count). The lowest BCUT2D eigenvalue weighted by Crippen LogP contribution is -2.08. The van der Waals surface area contributed by atoms with Crippen LogP contribution in [0.5, 0.6) is 0 Å². The molecule has 0 amide bonds. The van der Waals surface area contributed by atoms with Crippen LogP contribution in [0.1, 0.15) is 17.0 Å². The van der Waals surface area contributed by atoms with Crippen molar-refractivity contribution in [2.24, 2.45) is 0 Å². The molecule has 0 fully saturated rings. The van der Waals surface area contributed by atoms with Crippen LogP contribution >= 0.6 is 0 Å². The van der Waals surface area contributed by atoms with Gasteiger partial charge in [0, 0.05) is 19.2 Å². The fraction of sp³-hybridized carbons (Fsp3) is 0.625. The van der Waals surface area contributed by atoms with E-state index in [1.807, 2.05) is 14.0 Å². The van der Waals surface area contributed by atoms with E-state index in [2.05, 4.69) is 10.5 Å². The number of nitrogens with one attached hydrogen (secondary N) is 1. The molecule has 0 unspecified atom stereocenters. The molecule has 0 bridgehead atoms. The highest BCUT2D eigenvalue weighted by Gasteiger charge is 2.10. The third-order valence-electron chi connectivity index (χ3n) is 1.70. The number of methoxy groups -OCH3 is 1. The third kappa shape index (κ3) is 1.84. The maximum absolute atomic E-state index is 5.03. The maximum atomic E-state index is 5.03. The van der Waals surface area contributed by atoms with Gasteiger partial charge in [-0.15, -0.1) is 0 Å². The Bertz CT molecular complexity index is 245. The zero-order valence-electron chi connectivity index (χ0n) is 7.68. The van der Waals surface area contributed by atoms with Crippen molar-refractivity contribution in [2.45, 2.75) is 20.1 Å². The first kappa shape index (κ1) is 9.22. The van der Waals surface area contributed by atoms with Gasteiger partial charge in [0.1, 0.15) is 11.5 Å². The van der Waals surface area contributed by atoms with Gasteiger partial charge >= 0.3 is 0 Å². The number of aromatic nitrogens is 1. The molecule has 1 aromatic rings. The Hall–Kier alpha value is -0.870. The van der Waals surface area contributed by atoms with Crippen molar-refractivity contribution in [2.75, 3.05) is 14.2 Å². The summed E-state index contributed by atoms with van der Waals surface area (Å²) in [6.45, 7) is 3.17. The number of ether oxygens (including phenoxy) is 1. The second-order valence-electron chi connectivity index (χ2n) is 2.63. The van der Waals surface area contributed by atoms with Crippen molar-refractivity contribution >= 4 is 0 Å². The summed E-state index contributed by atoms with van der Waals surface area (Å²) in [6.07, 6.45) is 0. The van der Waals surface area contributed by atoms with Gasteiger partial charge in [-0.2, -0.15) is 0 Å². The maximum Gasteiger partial charge on any atom is 0.139 e. The summed E-state index contributed by atoms with van der Waals surface area (Å²) in [5, 5.41) is 6.92. The molecule has 4 nitrogen and oxygen atoms in total. The van der Waals surface area contributed by atoms with E-state index in [-0.39, 0.29) is 0 Å². The molecule has 0 aromatic carbocycles. The average Bonchev–Trinajstić information content (AvgIpc) is 2.37. The number of hydrogen-bond donors (Lipinski definition) is 1. The van der Waals surface area contributed by atoms with Crippen molar-refractivity contribution in [1.82, 2.24) is 10.5 Å². The lowest BCUT2D eigenvalue weighted by atomic mass is 10.2. The Morgan fingerprint density at radius 3 is 2.92 bits per heavy atom. The molecule has 1 aromatic heterocycles. The Balaban J connectivity index is 2.80. The smallest absolute Gasteiger partial charge is 0.139 e. The van der Waals surface area contributed by atoms with Crippen molar-refractivity contribution in [3.8, 4) is 0 Å². The molecule has 0 aliphatic heterocycles. The van der Waals surface area contributed by atoms with E-state index in [9.17, 15) is 0 Å². The Kier molecular flexibility index (Phi) is 3.25. The second-order valence-corrected chi connectivity index (χ2v) is 2.63. The highest BCUT2D eigenvalue weighted by Crippen LogP contribution is 2.13. The Morgan fingerprint density at radius 2 is 2.33 bits per heavy atom. The molecule has 0 aliphatic carbocycles. The summed E-state index contributed by atoms with van der Waals surface area (Å²) in [6, 6.07) is 0. The first-order valence-corrected chi connectivity index (χ1v) is 3.87. The topological polar surface area (TPSA) is 47.3 Å². The number of hydrogen-bond acceptors (Lipinski definition) is 4. The number of nitrogens with zero attached hydrogens (tertiary/aromatic N) is 1. The fourth-order valence-corrected chi connectivity index (χ4v) is 1.07. The minimum Gasteiger partial charge on any atom is -0.380 e. The molecule has 1 N–H and O–H groups in total. The summed E-state index contributed by atoms with van der Waals surface area (Å²) >= 11 is 0. The monoisotopic (exact) mass is 170 g/mol. The minimum atomic E-state index is 0.562. The molecule has 0 atom stereocenters. The van der Waals surface area contributed by atoms with E-state index < -0.39 is 0 Å². The first-order chi connectivity index (χ1) is 5.79. The zero-order valence-corrected chi connectivity index (χ0v) is 7.68. The summed E-state index contributed by atoms with van der Waals surface area (Å²) in [5.41, 5.74) is 1.98. The van der Waals surface area contributed by atoms with Gasteiger partial charge in [-0.05, 0) is 14.0 Å². The van der Waals surface area contributed by atoms with Crippen molar-refractivity contribution in [3.05, 3.63) is 17.0 Å². The number of rotatable bonds is 4. The summed E-state index contributed by atoms with van der Waals surface area (Å²) in [4.78, 5) is 0. The van der Waals surface area contributed by atoms with E-state index in [4.69, 9.17) is 9.26 Å². The predicted molar refractivity (Wildman–Crippen MR) is 44.7 cm³/mol. The highest BCUT2D eigenvalue weighted by atomic mass is 16.5. The van der Waals surface area contributed by atoms with Gasteiger partial charge in [-0.25, -0.2) is 0 Å². The second kappa shape index (κ2) is 4.23. The standard InChI is InChI=1S/C8H14N2O2/c1-6-7(5-11-3)8(4-9-2)10-12-6/h9H,4-5H2,1-3H3. The van der Waals surface area contributed by atoms with E-state index in [0.717, 1.165) is 23.6 Å². The molecule has 0 aliphatic rings. The lowest BCUT2D eigenvalue weighted by molar-refractivity contribution is 0.182. The molecule has 1 heterocycles. The normalized spacial score (nSPS) is 10.6. The quantitative estimate of drug-likeness (QED) is 0.727. The van der Waals surface area contributed by atoms with Gasteiger partial charge < -0.3 is 14.6 Å². The van der Waals surface area contributed by atoms with Crippen LogP contribution in [0.2, 0.25) is 0 Å². The van der Waals surface area contributed by atoms with Gasteiger partial charge in [-0.3, -0.25) is 0 Å². The van der Waals surface area contributed by atoms with E-state index in [1.54, 1.807) is 7.11 Å². The molecule has 68 valence electrons. The van der Waals surface area contributed by atoms with Crippen molar-refractivity contribution in [1.29, 1.82) is 0 Å². The van der Waals surface area contributed by atoms with E-state index in [0.29, 0.717) is 6.61 Å². The van der Waals surface area contributed by atoms with E-state index in [1.165, 1.54) is 0 Å². The van der Waals surface area contributed by atoms with Gasteiger partial charge in [-0.1, -0.05) is 5.16 Å². The third-order valence-corrected chi connectivity index (χ3v) is 1.70. The summed E-state index contributed by atoms with van der Waals surface area (Å²) in [5.74, 6) is 0.835. The van der Waals surface area contributed by atoms with Crippen LogP contribution in [-0.2, 0) is 17.9 Å². The predicted octanol–water partition coefficient (Wildman–Crippen LogP) is 0.849. The van der Waals surface area contributed by atoms with Gasteiger partial charge in [0.15, 0.2) is 0 Å². The van der Waals surface area contributed by atoms with Crippen LogP contribution in [0.4, 0.5) is 0 Å². The van der Waals surface area contributed by atoms with Crippen LogP contribution in [0.3, 0.4) is 0 Å². The Morgan fingerprint density at radius 1 is 1.58 bits per heavy atom. The SMILES string of the molecule is CNCc1noc(C)c1COC. The van der Waals surface area contributed by atoms with Crippen molar-refractivity contribution in [3.63, 3.8) is 0 Å². The molecule has 0 radical (unpaired) electrons. The summed E-state index contributed by atoms with van der Waals surface area (Å²) in [7, 11) is 3.54. The molecular formula is C8H14N2O2. The molecule has 4 heteroatoms. The van der Waals surface area contributed by atoms with Gasteiger partial charge in [0.05, 0.1) is 6.61 Å². The molecule has 0 saturated heterocycles. The number of aryl methyl sites for hydroxylation is 1.